The molecule has 1 aromatic carbocycles. The Labute approximate surface area is 184 Å². The molecule has 2 nitrogen and oxygen atoms in total. The van der Waals surface area contributed by atoms with Crippen molar-refractivity contribution < 1.29 is 22.6 Å². The van der Waals surface area contributed by atoms with Gasteiger partial charge in [0, 0.05) is 17.4 Å². The summed E-state index contributed by atoms with van der Waals surface area (Å²) in [6.45, 7) is 2.63. The number of allylic oxidation sites excluding steroid dienone is 2. The van der Waals surface area contributed by atoms with Crippen molar-refractivity contribution >= 4 is 0 Å². The van der Waals surface area contributed by atoms with Crippen molar-refractivity contribution in [2.45, 2.75) is 70.5 Å². The van der Waals surface area contributed by atoms with Crippen LogP contribution in [0.2, 0.25) is 0 Å². The summed E-state index contributed by atoms with van der Waals surface area (Å²) >= 11 is 0. The molecule has 0 radical (unpaired) electrons. The summed E-state index contributed by atoms with van der Waals surface area (Å²) < 4.78 is 52.5. The van der Waals surface area contributed by atoms with Crippen LogP contribution in [0.1, 0.15) is 81.6 Å². The lowest BCUT2D eigenvalue weighted by Gasteiger charge is -2.38. The second-order valence-electron chi connectivity index (χ2n) is 9.85. The standard InChI is InChI=1S/C26H35F3O2/c1-17-15-30-26(31-16-17)22-10-11-23(25(29)14-22)20-6-2-18(3-7-20)19-4-8-21(9-5-19)24(28)12-13-27/h10-12,14,17-21,26H,2-9,13,15-16H2,1H3/b24-12-. The maximum absolute atomic E-state index is 14.9. The van der Waals surface area contributed by atoms with Gasteiger partial charge in [-0.05, 0) is 86.8 Å². The topological polar surface area (TPSA) is 18.5 Å². The summed E-state index contributed by atoms with van der Waals surface area (Å²) in [6.07, 6.45) is 8.55. The van der Waals surface area contributed by atoms with Crippen LogP contribution in [0, 0.1) is 29.5 Å². The highest BCUT2D eigenvalue weighted by Crippen LogP contribution is 2.45. The lowest BCUT2D eigenvalue weighted by molar-refractivity contribution is -0.202. The first kappa shape index (κ1) is 22.8. The van der Waals surface area contributed by atoms with E-state index < -0.39 is 13.0 Å². The van der Waals surface area contributed by atoms with Gasteiger partial charge >= 0.3 is 0 Å². The Kier molecular flexibility index (Phi) is 7.76. The smallest absolute Gasteiger partial charge is 0.183 e. The van der Waals surface area contributed by atoms with Gasteiger partial charge in [-0.2, -0.15) is 0 Å². The lowest BCUT2D eigenvalue weighted by Crippen LogP contribution is -2.26. The molecule has 1 heterocycles. The molecule has 3 aliphatic rings. The molecule has 0 amide bonds. The van der Waals surface area contributed by atoms with Crippen LogP contribution in [0.4, 0.5) is 13.2 Å². The highest BCUT2D eigenvalue weighted by atomic mass is 19.1. The molecule has 1 aromatic rings. The molecule has 2 saturated carbocycles. The van der Waals surface area contributed by atoms with Crippen LogP contribution in [0.3, 0.4) is 0 Å². The van der Waals surface area contributed by atoms with E-state index in [9.17, 15) is 13.2 Å². The molecule has 31 heavy (non-hydrogen) atoms. The van der Waals surface area contributed by atoms with E-state index in [1.54, 1.807) is 6.07 Å². The zero-order valence-corrected chi connectivity index (χ0v) is 18.5. The van der Waals surface area contributed by atoms with E-state index in [4.69, 9.17) is 9.47 Å². The van der Waals surface area contributed by atoms with Gasteiger partial charge in [0.15, 0.2) is 6.29 Å². The quantitative estimate of drug-likeness (QED) is 0.478. The third-order valence-corrected chi connectivity index (χ3v) is 7.67. The zero-order valence-electron chi connectivity index (χ0n) is 18.5. The van der Waals surface area contributed by atoms with Crippen molar-refractivity contribution in [2.75, 3.05) is 19.9 Å². The van der Waals surface area contributed by atoms with Gasteiger partial charge in [0.05, 0.1) is 13.2 Å². The minimum absolute atomic E-state index is 0.0868. The van der Waals surface area contributed by atoms with Gasteiger partial charge < -0.3 is 9.47 Å². The van der Waals surface area contributed by atoms with E-state index in [0.29, 0.717) is 31.0 Å². The SMILES string of the molecule is CC1COC(c2ccc(C3CCC(C4CCC(/C(F)=C/CF)CC4)CC3)c(F)c2)OC1. The van der Waals surface area contributed by atoms with Gasteiger partial charge in [-0.25, -0.2) is 13.2 Å². The molecule has 3 fully saturated rings. The summed E-state index contributed by atoms with van der Waals surface area (Å²) in [6, 6.07) is 5.46. The molecule has 0 spiro atoms. The fourth-order valence-corrected chi connectivity index (χ4v) is 5.82. The Morgan fingerprint density at radius 1 is 0.968 bits per heavy atom. The van der Waals surface area contributed by atoms with E-state index >= 15 is 0 Å². The number of halogens is 3. The van der Waals surface area contributed by atoms with Crippen LogP contribution in [-0.2, 0) is 9.47 Å². The fourth-order valence-electron chi connectivity index (χ4n) is 5.82. The van der Waals surface area contributed by atoms with Gasteiger partial charge in [0.25, 0.3) is 0 Å². The van der Waals surface area contributed by atoms with E-state index in [0.717, 1.165) is 68.6 Å². The van der Waals surface area contributed by atoms with Crippen LogP contribution in [0.25, 0.3) is 0 Å². The van der Waals surface area contributed by atoms with Crippen LogP contribution in [0.5, 0.6) is 0 Å². The number of hydrogen-bond acceptors (Lipinski definition) is 2. The number of hydrogen-bond donors (Lipinski definition) is 0. The van der Waals surface area contributed by atoms with Crippen LogP contribution >= 0.6 is 0 Å². The van der Waals surface area contributed by atoms with E-state index in [1.807, 2.05) is 12.1 Å². The molecule has 0 aromatic heterocycles. The van der Waals surface area contributed by atoms with Gasteiger partial charge in [-0.3, -0.25) is 0 Å². The Morgan fingerprint density at radius 2 is 1.58 bits per heavy atom. The molecule has 0 unspecified atom stereocenters. The van der Waals surface area contributed by atoms with Crippen molar-refractivity contribution in [1.29, 1.82) is 0 Å². The van der Waals surface area contributed by atoms with Crippen molar-refractivity contribution in [1.82, 2.24) is 0 Å². The van der Waals surface area contributed by atoms with Gasteiger partial charge in [0.1, 0.15) is 18.3 Å². The Hall–Kier alpha value is -1.33. The second kappa shape index (κ2) is 10.5. The monoisotopic (exact) mass is 436 g/mol. The van der Waals surface area contributed by atoms with E-state index in [2.05, 4.69) is 6.92 Å². The Morgan fingerprint density at radius 3 is 2.16 bits per heavy atom. The molecule has 0 bridgehead atoms. The third kappa shape index (κ3) is 5.54. The average molecular weight is 437 g/mol. The summed E-state index contributed by atoms with van der Waals surface area (Å²) in [5.74, 6) is 1.42. The van der Waals surface area contributed by atoms with Crippen LogP contribution in [-0.4, -0.2) is 19.9 Å². The molecule has 1 aliphatic heterocycles. The molecule has 172 valence electrons. The van der Waals surface area contributed by atoms with Crippen molar-refractivity contribution in [3.63, 3.8) is 0 Å². The Bertz CT molecular complexity index is 741. The highest BCUT2D eigenvalue weighted by Gasteiger charge is 2.33. The van der Waals surface area contributed by atoms with Crippen LogP contribution in [0.15, 0.2) is 30.1 Å². The van der Waals surface area contributed by atoms with Gasteiger partial charge in [0.2, 0.25) is 0 Å². The molecular weight excluding hydrogens is 401 g/mol. The molecule has 4 rings (SSSR count). The molecule has 0 N–H and O–H groups in total. The maximum atomic E-state index is 14.9. The number of alkyl halides is 1. The molecule has 1 saturated heterocycles. The zero-order chi connectivity index (χ0) is 21.8. The number of ether oxygens (including phenoxy) is 2. The molecule has 5 heteroatoms. The normalized spacial score (nSPS) is 35.2. The van der Waals surface area contributed by atoms with E-state index in [1.165, 1.54) is 0 Å². The predicted molar refractivity (Wildman–Crippen MR) is 116 cm³/mol. The Balaban J connectivity index is 1.28. The van der Waals surface area contributed by atoms with Gasteiger partial charge in [-0.15, -0.1) is 0 Å². The minimum atomic E-state index is -0.715. The average Bonchev–Trinajstić information content (AvgIpc) is 2.80. The minimum Gasteiger partial charge on any atom is -0.348 e. The predicted octanol–water partition coefficient (Wildman–Crippen LogP) is 7.41. The molecular formula is C26H35F3O2. The molecule has 0 atom stereocenters. The maximum Gasteiger partial charge on any atom is 0.183 e. The summed E-state index contributed by atoms with van der Waals surface area (Å²) in [7, 11) is 0. The summed E-state index contributed by atoms with van der Waals surface area (Å²) in [5.41, 5.74) is 1.57. The third-order valence-electron chi connectivity index (χ3n) is 7.67. The summed E-state index contributed by atoms with van der Waals surface area (Å²) in [4.78, 5) is 0. The highest BCUT2D eigenvalue weighted by molar-refractivity contribution is 5.28. The largest absolute Gasteiger partial charge is 0.348 e. The van der Waals surface area contributed by atoms with Gasteiger partial charge in [-0.1, -0.05) is 19.1 Å². The second-order valence-corrected chi connectivity index (χ2v) is 9.85. The molecule has 2 aliphatic carbocycles. The van der Waals surface area contributed by atoms with Crippen molar-refractivity contribution in [2.24, 2.45) is 23.7 Å². The van der Waals surface area contributed by atoms with Crippen LogP contribution < -0.4 is 0 Å². The first-order valence-electron chi connectivity index (χ1n) is 12.0. The first-order valence-corrected chi connectivity index (χ1v) is 12.0. The summed E-state index contributed by atoms with van der Waals surface area (Å²) in [5, 5.41) is 0. The number of rotatable bonds is 5. The first-order chi connectivity index (χ1) is 15.0. The fraction of sp³-hybridized carbons (Fsp3) is 0.692. The van der Waals surface area contributed by atoms with E-state index in [-0.39, 0.29) is 23.5 Å². The lowest BCUT2D eigenvalue weighted by atomic mass is 9.68. The van der Waals surface area contributed by atoms with Crippen molar-refractivity contribution in [3.8, 4) is 0 Å². The number of benzene rings is 1. The van der Waals surface area contributed by atoms with Crippen molar-refractivity contribution in [3.05, 3.63) is 47.0 Å².